The van der Waals surface area contributed by atoms with Gasteiger partial charge in [-0.1, -0.05) is 48.9 Å². The van der Waals surface area contributed by atoms with Crippen LogP contribution in [0.15, 0.2) is 78.9 Å². The molecule has 202 valence electrons. The number of nitrogens with one attached hydrogen (secondary N) is 1. The Morgan fingerprint density at radius 1 is 0.846 bits per heavy atom. The molecule has 0 radical (unpaired) electrons. The van der Waals surface area contributed by atoms with Gasteiger partial charge in [0.05, 0.1) is 5.56 Å². The largest absolute Gasteiger partial charge is 0.368 e. The lowest BCUT2D eigenvalue weighted by Gasteiger charge is -2.36. The van der Waals surface area contributed by atoms with Crippen molar-refractivity contribution in [3.05, 3.63) is 95.8 Å². The van der Waals surface area contributed by atoms with Gasteiger partial charge in [-0.2, -0.15) is 0 Å². The van der Waals surface area contributed by atoms with E-state index in [-0.39, 0.29) is 35.7 Å². The first-order valence-electron chi connectivity index (χ1n) is 13.5. The number of amides is 3. The maximum Gasteiger partial charge on any atom is 0.256 e. The third kappa shape index (κ3) is 6.45. The van der Waals surface area contributed by atoms with Gasteiger partial charge in [-0.3, -0.25) is 14.4 Å². The Bertz CT molecular complexity index is 1300. The highest BCUT2D eigenvalue weighted by molar-refractivity contribution is 5.95. The van der Waals surface area contributed by atoms with E-state index in [2.05, 4.69) is 10.2 Å². The van der Waals surface area contributed by atoms with Crippen molar-refractivity contribution in [3.8, 4) is 0 Å². The van der Waals surface area contributed by atoms with Crippen molar-refractivity contribution < 1.29 is 18.8 Å². The first kappa shape index (κ1) is 26.4. The molecule has 1 N–H and O–H groups in total. The molecule has 8 heteroatoms. The molecule has 1 aliphatic carbocycles. The van der Waals surface area contributed by atoms with E-state index in [1.165, 1.54) is 12.1 Å². The standard InChI is InChI=1S/C31H33FN4O3/c32-28-12-5-4-11-27(28)31(39)35-19-17-34(18-20-35)26-15-13-25(14-16-26)33-29(37)22-36(30(38)24-9-6-10-24)21-23-7-2-1-3-8-23/h1-5,7-8,11-16,24H,6,9-10,17-22H2,(H,33,37). The van der Waals surface area contributed by atoms with Gasteiger partial charge < -0.3 is 20.0 Å². The molecule has 0 spiro atoms. The molecule has 0 aromatic heterocycles. The van der Waals surface area contributed by atoms with Crippen LogP contribution in [0.5, 0.6) is 0 Å². The number of hydrogen-bond donors (Lipinski definition) is 1. The van der Waals surface area contributed by atoms with E-state index in [0.717, 1.165) is 30.5 Å². The molecule has 3 aromatic rings. The van der Waals surface area contributed by atoms with Crippen molar-refractivity contribution in [3.63, 3.8) is 0 Å². The maximum atomic E-state index is 14.0. The number of piperazine rings is 1. The summed E-state index contributed by atoms with van der Waals surface area (Å²) in [6.07, 6.45) is 2.84. The Morgan fingerprint density at radius 2 is 1.51 bits per heavy atom. The topological polar surface area (TPSA) is 73.0 Å². The monoisotopic (exact) mass is 528 g/mol. The second-order valence-electron chi connectivity index (χ2n) is 10.2. The molecule has 2 fully saturated rings. The molecule has 3 amide bonds. The van der Waals surface area contributed by atoms with E-state index in [4.69, 9.17) is 0 Å². The fourth-order valence-corrected chi connectivity index (χ4v) is 5.03. The van der Waals surface area contributed by atoms with Crippen molar-refractivity contribution in [2.45, 2.75) is 25.8 Å². The minimum absolute atomic E-state index is 0.00394. The highest BCUT2D eigenvalue weighted by Gasteiger charge is 2.30. The predicted molar refractivity (Wildman–Crippen MR) is 149 cm³/mol. The van der Waals surface area contributed by atoms with Gasteiger partial charge in [-0.25, -0.2) is 4.39 Å². The first-order chi connectivity index (χ1) is 19.0. The molecule has 1 aliphatic heterocycles. The summed E-state index contributed by atoms with van der Waals surface area (Å²) in [7, 11) is 0. The van der Waals surface area contributed by atoms with Gasteiger partial charge in [0.15, 0.2) is 0 Å². The number of halogens is 1. The summed E-state index contributed by atoms with van der Waals surface area (Å²) in [6, 6.07) is 23.4. The molecule has 1 heterocycles. The quantitative estimate of drug-likeness (QED) is 0.466. The number of nitrogens with zero attached hydrogens (tertiary/aromatic N) is 3. The van der Waals surface area contributed by atoms with Crippen LogP contribution in [0.1, 0.15) is 35.2 Å². The molecule has 5 rings (SSSR count). The van der Waals surface area contributed by atoms with Crippen LogP contribution >= 0.6 is 0 Å². The summed E-state index contributed by atoms with van der Waals surface area (Å²) in [5, 5.41) is 2.92. The summed E-state index contributed by atoms with van der Waals surface area (Å²) in [5.41, 5.74) is 2.74. The van der Waals surface area contributed by atoms with Crippen LogP contribution in [0.25, 0.3) is 0 Å². The molecule has 2 aliphatic rings. The van der Waals surface area contributed by atoms with Crippen molar-refractivity contribution in [1.29, 1.82) is 0 Å². The average Bonchev–Trinajstić information content (AvgIpc) is 2.93. The number of carbonyl (C=O) groups is 3. The SMILES string of the molecule is O=C(CN(Cc1ccccc1)C(=O)C1CCC1)Nc1ccc(N2CCN(C(=O)c3ccccc3F)CC2)cc1. The predicted octanol–water partition coefficient (Wildman–Crippen LogP) is 4.56. The van der Waals surface area contributed by atoms with Gasteiger partial charge in [0.1, 0.15) is 12.4 Å². The van der Waals surface area contributed by atoms with Gasteiger partial charge in [0.25, 0.3) is 5.91 Å². The summed E-state index contributed by atoms with van der Waals surface area (Å²) < 4.78 is 14.0. The van der Waals surface area contributed by atoms with Gasteiger partial charge in [-0.15, -0.1) is 0 Å². The zero-order valence-corrected chi connectivity index (χ0v) is 21.9. The maximum absolute atomic E-state index is 14.0. The van der Waals surface area contributed by atoms with Crippen LogP contribution in [0.2, 0.25) is 0 Å². The van der Waals surface area contributed by atoms with E-state index in [1.807, 2.05) is 54.6 Å². The van der Waals surface area contributed by atoms with Crippen LogP contribution in [-0.4, -0.2) is 60.2 Å². The molecule has 0 unspecified atom stereocenters. The third-order valence-electron chi connectivity index (χ3n) is 7.50. The van der Waals surface area contributed by atoms with E-state index in [1.54, 1.807) is 21.9 Å². The van der Waals surface area contributed by atoms with Gasteiger partial charge in [0.2, 0.25) is 11.8 Å². The second-order valence-corrected chi connectivity index (χ2v) is 10.2. The Labute approximate surface area is 228 Å². The van der Waals surface area contributed by atoms with Crippen LogP contribution in [0, 0.1) is 11.7 Å². The first-order valence-corrected chi connectivity index (χ1v) is 13.5. The van der Waals surface area contributed by atoms with E-state index < -0.39 is 5.82 Å². The molecule has 0 bridgehead atoms. The third-order valence-corrected chi connectivity index (χ3v) is 7.50. The van der Waals surface area contributed by atoms with Crippen LogP contribution in [0.4, 0.5) is 15.8 Å². The fraction of sp³-hybridized carbons (Fsp3) is 0.323. The molecule has 1 saturated carbocycles. The summed E-state index contributed by atoms with van der Waals surface area (Å²) in [6.45, 7) is 2.67. The summed E-state index contributed by atoms with van der Waals surface area (Å²) in [5.74, 6) is -0.959. The van der Waals surface area contributed by atoms with Crippen molar-refractivity contribution in [2.24, 2.45) is 5.92 Å². The minimum atomic E-state index is -0.502. The number of carbonyl (C=O) groups excluding carboxylic acids is 3. The number of benzene rings is 3. The van der Waals surface area contributed by atoms with Crippen molar-refractivity contribution >= 4 is 29.1 Å². The number of anilines is 2. The molecule has 0 atom stereocenters. The average molecular weight is 529 g/mol. The number of hydrogen-bond acceptors (Lipinski definition) is 4. The molecule has 1 saturated heterocycles. The zero-order chi connectivity index (χ0) is 27.2. The Balaban J connectivity index is 1.15. The lowest BCUT2D eigenvalue weighted by Crippen LogP contribution is -2.49. The Kier molecular flexibility index (Phi) is 8.20. The molecular formula is C31H33FN4O3. The van der Waals surface area contributed by atoms with E-state index >= 15 is 0 Å². The minimum Gasteiger partial charge on any atom is -0.368 e. The fourth-order valence-electron chi connectivity index (χ4n) is 5.03. The van der Waals surface area contributed by atoms with Crippen LogP contribution in [-0.2, 0) is 16.1 Å². The smallest absolute Gasteiger partial charge is 0.256 e. The van der Waals surface area contributed by atoms with Crippen LogP contribution in [0.3, 0.4) is 0 Å². The second kappa shape index (κ2) is 12.1. The number of rotatable bonds is 8. The van der Waals surface area contributed by atoms with E-state index in [9.17, 15) is 18.8 Å². The molecule has 39 heavy (non-hydrogen) atoms. The lowest BCUT2D eigenvalue weighted by molar-refractivity contribution is -0.141. The normalized spacial score (nSPS) is 15.4. The lowest BCUT2D eigenvalue weighted by atomic mass is 9.84. The molecule has 7 nitrogen and oxygen atoms in total. The Hall–Kier alpha value is -4.20. The van der Waals surface area contributed by atoms with Gasteiger partial charge in [-0.05, 0) is 54.8 Å². The molecular weight excluding hydrogens is 495 g/mol. The summed E-state index contributed by atoms with van der Waals surface area (Å²) in [4.78, 5) is 44.1. The summed E-state index contributed by atoms with van der Waals surface area (Å²) >= 11 is 0. The zero-order valence-electron chi connectivity index (χ0n) is 21.9. The Morgan fingerprint density at radius 3 is 2.15 bits per heavy atom. The van der Waals surface area contributed by atoms with Crippen LogP contribution < -0.4 is 10.2 Å². The highest BCUT2D eigenvalue weighted by Crippen LogP contribution is 2.29. The van der Waals surface area contributed by atoms with E-state index in [0.29, 0.717) is 38.4 Å². The highest BCUT2D eigenvalue weighted by atomic mass is 19.1. The molecule has 3 aromatic carbocycles. The van der Waals surface area contributed by atoms with Gasteiger partial charge in [0, 0.05) is 50.0 Å². The van der Waals surface area contributed by atoms with Crippen molar-refractivity contribution in [1.82, 2.24) is 9.80 Å². The van der Waals surface area contributed by atoms with Crippen molar-refractivity contribution in [2.75, 3.05) is 42.9 Å². The van der Waals surface area contributed by atoms with Gasteiger partial charge >= 0.3 is 0 Å².